The molecule has 0 aliphatic carbocycles. The molecule has 0 saturated heterocycles. The van der Waals surface area contributed by atoms with Crippen molar-refractivity contribution in [3.63, 3.8) is 0 Å². The Morgan fingerprint density at radius 2 is 1.74 bits per heavy atom. The summed E-state index contributed by atoms with van der Waals surface area (Å²) in [5.74, 6) is -3.74. The quantitative estimate of drug-likeness (QED) is 0.652. The zero-order chi connectivity index (χ0) is 16.8. The molecule has 23 heavy (non-hydrogen) atoms. The van der Waals surface area contributed by atoms with Crippen molar-refractivity contribution in [1.29, 1.82) is 0 Å². The van der Waals surface area contributed by atoms with Gasteiger partial charge in [-0.3, -0.25) is 0 Å². The number of nitrogens with one attached hydrogen (secondary N) is 2. The summed E-state index contributed by atoms with van der Waals surface area (Å²) in [5.41, 5.74) is 0.657. The number of ether oxygens (including phenoxy) is 1. The first-order valence-electron chi connectivity index (χ1n) is 6.85. The van der Waals surface area contributed by atoms with Crippen molar-refractivity contribution in [2.75, 3.05) is 18.5 Å². The molecule has 2 amide bonds. The van der Waals surface area contributed by atoms with Crippen molar-refractivity contribution in [2.24, 2.45) is 0 Å². The van der Waals surface area contributed by atoms with E-state index in [-0.39, 0.29) is 13.2 Å². The minimum atomic E-state index is -1.63. The third-order valence-corrected chi connectivity index (χ3v) is 2.96. The van der Waals surface area contributed by atoms with Crippen LogP contribution in [0.3, 0.4) is 0 Å². The number of halogens is 3. The summed E-state index contributed by atoms with van der Waals surface area (Å²) in [6.07, 6.45) is 0. The van der Waals surface area contributed by atoms with E-state index in [1.54, 1.807) is 12.1 Å². The second-order valence-corrected chi connectivity index (χ2v) is 4.77. The number of aryl methyl sites for hydroxylation is 1. The van der Waals surface area contributed by atoms with E-state index in [4.69, 9.17) is 4.74 Å². The Morgan fingerprint density at radius 3 is 2.43 bits per heavy atom. The molecule has 0 aliphatic heterocycles. The van der Waals surface area contributed by atoms with Gasteiger partial charge in [0.15, 0.2) is 17.5 Å². The fourth-order valence-corrected chi connectivity index (χ4v) is 1.76. The Kier molecular flexibility index (Phi) is 5.46. The van der Waals surface area contributed by atoms with Crippen LogP contribution in [-0.2, 0) is 0 Å². The summed E-state index contributed by atoms with van der Waals surface area (Å²) in [4.78, 5) is 11.6. The van der Waals surface area contributed by atoms with Crippen molar-refractivity contribution in [2.45, 2.75) is 6.92 Å². The molecular formula is C16H15F3N2O2. The Hall–Kier alpha value is -2.70. The Balaban J connectivity index is 1.77. The third-order valence-electron chi connectivity index (χ3n) is 2.96. The van der Waals surface area contributed by atoms with Gasteiger partial charge in [0.2, 0.25) is 0 Å². The summed E-state index contributed by atoms with van der Waals surface area (Å²) in [5, 5.41) is 4.51. The first-order chi connectivity index (χ1) is 11.0. The maximum Gasteiger partial charge on any atom is 0.319 e. The van der Waals surface area contributed by atoms with Gasteiger partial charge in [0, 0.05) is 0 Å². The van der Waals surface area contributed by atoms with Gasteiger partial charge in [-0.25, -0.2) is 18.0 Å². The van der Waals surface area contributed by atoms with E-state index in [0.29, 0.717) is 5.75 Å². The fraction of sp³-hybridized carbons (Fsp3) is 0.188. The molecule has 0 aromatic heterocycles. The van der Waals surface area contributed by atoms with Crippen molar-refractivity contribution >= 4 is 11.7 Å². The highest BCUT2D eigenvalue weighted by atomic mass is 19.2. The lowest BCUT2D eigenvalue weighted by Gasteiger charge is -2.10. The van der Waals surface area contributed by atoms with Crippen LogP contribution in [0.4, 0.5) is 23.7 Å². The number of carbonyl (C=O) groups is 1. The van der Waals surface area contributed by atoms with Crippen LogP contribution in [0.15, 0.2) is 36.4 Å². The SMILES string of the molecule is Cc1ccc(OCCNC(=O)Nc2ccc(F)c(F)c2F)cc1. The van der Waals surface area contributed by atoms with Crippen LogP contribution >= 0.6 is 0 Å². The topological polar surface area (TPSA) is 50.4 Å². The molecule has 122 valence electrons. The average molecular weight is 324 g/mol. The number of hydrogen-bond donors (Lipinski definition) is 2. The van der Waals surface area contributed by atoms with Crippen molar-refractivity contribution < 1.29 is 22.7 Å². The van der Waals surface area contributed by atoms with Gasteiger partial charge < -0.3 is 15.4 Å². The highest BCUT2D eigenvalue weighted by molar-refractivity contribution is 5.89. The Labute approximate surface area is 131 Å². The number of urea groups is 1. The molecule has 0 spiro atoms. The highest BCUT2D eigenvalue weighted by Gasteiger charge is 2.14. The van der Waals surface area contributed by atoms with Crippen LogP contribution in [-0.4, -0.2) is 19.2 Å². The standard InChI is InChI=1S/C16H15F3N2O2/c1-10-2-4-11(5-3-10)23-9-8-20-16(22)21-13-7-6-12(17)14(18)15(13)19/h2-7H,8-9H2,1H3,(H2,20,21,22). The van der Waals surface area contributed by atoms with Crippen LogP contribution < -0.4 is 15.4 Å². The minimum absolute atomic E-state index is 0.158. The van der Waals surface area contributed by atoms with Crippen molar-refractivity contribution in [3.8, 4) is 5.75 Å². The summed E-state index contributed by atoms with van der Waals surface area (Å²) in [7, 11) is 0. The normalized spacial score (nSPS) is 10.3. The van der Waals surface area contributed by atoms with Gasteiger partial charge in [0.1, 0.15) is 12.4 Å². The molecule has 4 nitrogen and oxygen atoms in total. The molecule has 0 radical (unpaired) electrons. The molecule has 0 fully saturated rings. The second-order valence-electron chi connectivity index (χ2n) is 4.77. The zero-order valence-electron chi connectivity index (χ0n) is 12.3. The van der Waals surface area contributed by atoms with E-state index in [9.17, 15) is 18.0 Å². The number of rotatable bonds is 5. The van der Waals surface area contributed by atoms with Gasteiger partial charge in [-0.1, -0.05) is 17.7 Å². The molecule has 0 heterocycles. The van der Waals surface area contributed by atoms with Gasteiger partial charge in [0.25, 0.3) is 0 Å². The van der Waals surface area contributed by atoms with Crippen LogP contribution in [0.25, 0.3) is 0 Å². The number of anilines is 1. The van der Waals surface area contributed by atoms with E-state index in [1.165, 1.54) is 0 Å². The summed E-state index contributed by atoms with van der Waals surface area (Å²) in [6.45, 7) is 2.31. The van der Waals surface area contributed by atoms with Crippen LogP contribution in [0.5, 0.6) is 5.75 Å². The van der Waals surface area contributed by atoms with E-state index < -0.39 is 29.2 Å². The average Bonchev–Trinajstić information content (AvgIpc) is 2.54. The first-order valence-corrected chi connectivity index (χ1v) is 6.85. The summed E-state index contributed by atoms with van der Waals surface area (Å²) >= 11 is 0. The summed E-state index contributed by atoms with van der Waals surface area (Å²) in [6, 6.07) is 8.30. The van der Waals surface area contributed by atoms with Gasteiger partial charge in [0.05, 0.1) is 12.2 Å². The van der Waals surface area contributed by atoms with E-state index in [0.717, 1.165) is 17.7 Å². The predicted molar refractivity (Wildman–Crippen MR) is 80.0 cm³/mol. The first kappa shape index (κ1) is 16.7. The number of amides is 2. The Bertz CT molecular complexity index is 690. The molecule has 2 aromatic carbocycles. The number of hydrogen-bond acceptors (Lipinski definition) is 2. The van der Waals surface area contributed by atoms with Crippen molar-refractivity contribution in [1.82, 2.24) is 5.32 Å². The lowest BCUT2D eigenvalue weighted by Crippen LogP contribution is -2.32. The van der Waals surface area contributed by atoms with Gasteiger partial charge >= 0.3 is 6.03 Å². The van der Waals surface area contributed by atoms with Gasteiger partial charge in [-0.2, -0.15) is 0 Å². The van der Waals surface area contributed by atoms with Gasteiger partial charge in [-0.15, -0.1) is 0 Å². The molecule has 0 unspecified atom stereocenters. The molecule has 7 heteroatoms. The minimum Gasteiger partial charge on any atom is -0.492 e. The summed E-state index contributed by atoms with van der Waals surface area (Å²) < 4.78 is 44.6. The second kappa shape index (κ2) is 7.53. The molecule has 2 rings (SSSR count). The monoisotopic (exact) mass is 324 g/mol. The van der Waals surface area contributed by atoms with E-state index in [2.05, 4.69) is 10.6 Å². The smallest absolute Gasteiger partial charge is 0.319 e. The van der Waals surface area contributed by atoms with E-state index >= 15 is 0 Å². The highest BCUT2D eigenvalue weighted by Crippen LogP contribution is 2.19. The maximum absolute atomic E-state index is 13.4. The zero-order valence-corrected chi connectivity index (χ0v) is 12.3. The molecule has 0 aliphatic rings. The lowest BCUT2D eigenvalue weighted by atomic mass is 10.2. The van der Waals surface area contributed by atoms with Crippen molar-refractivity contribution in [3.05, 3.63) is 59.4 Å². The number of carbonyl (C=O) groups excluding carboxylic acids is 1. The fourth-order valence-electron chi connectivity index (χ4n) is 1.76. The van der Waals surface area contributed by atoms with Crippen LogP contribution in [0, 0.1) is 24.4 Å². The molecule has 2 N–H and O–H groups in total. The third kappa shape index (κ3) is 4.64. The molecule has 0 atom stereocenters. The lowest BCUT2D eigenvalue weighted by molar-refractivity contribution is 0.247. The molecule has 2 aromatic rings. The Morgan fingerprint density at radius 1 is 1.04 bits per heavy atom. The number of benzene rings is 2. The molecule has 0 saturated carbocycles. The van der Waals surface area contributed by atoms with Crippen LogP contribution in [0.1, 0.15) is 5.56 Å². The van der Waals surface area contributed by atoms with Crippen LogP contribution in [0.2, 0.25) is 0 Å². The largest absolute Gasteiger partial charge is 0.492 e. The molecule has 0 bridgehead atoms. The predicted octanol–water partition coefficient (Wildman–Crippen LogP) is 3.61. The maximum atomic E-state index is 13.4. The molecular weight excluding hydrogens is 309 g/mol. The van der Waals surface area contributed by atoms with E-state index in [1.807, 2.05) is 19.1 Å². The van der Waals surface area contributed by atoms with Gasteiger partial charge in [-0.05, 0) is 31.2 Å².